The van der Waals surface area contributed by atoms with Crippen molar-refractivity contribution in [1.82, 2.24) is 20.2 Å². The van der Waals surface area contributed by atoms with Crippen LogP contribution in [0.15, 0.2) is 66.9 Å². The minimum absolute atomic E-state index is 0.107. The third-order valence-electron chi connectivity index (χ3n) is 8.87. The Morgan fingerprint density at radius 2 is 1.75 bits per heavy atom. The molecule has 52 heavy (non-hydrogen) atoms. The fourth-order valence-electron chi connectivity index (χ4n) is 6.09. The molecule has 11 nitrogen and oxygen atoms in total. The number of amides is 2. The summed E-state index contributed by atoms with van der Waals surface area (Å²) >= 11 is 0. The number of benzene rings is 3. The molecule has 1 aliphatic rings. The fraction of sp³-hybridized carbons (Fsp3) is 0.400. The van der Waals surface area contributed by atoms with Crippen molar-refractivity contribution >= 4 is 35.1 Å². The van der Waals surface area contributed by atoms with Gasteiger partial charge in [-0.1, -0.05) is 44.0 Å². The van der Waals surface area contributed by atoms with E-state index in [0.717, 1.165) is 50.0 Å². The first-order valence-corrected chi connectivity index (χ1v) is 18.0. The van der Waals surface area contributed by atoms with E-state index < -0.39 is 11.9 Å². The van der Waals surface area contributed by atoms with Gasteiger partial charge in [-0.15, -0.1) is 0 Å². The van der Waals surface area contributed by atoms with Gasteiger partial charge in [0, 0.05) is 37.1 Å². The van der Waals surface area contributed by atoms with Crippen LogP contribution in [-0.2, 0) is 11.2 Å². The minimum Gasteiger partial charge on any atom is -0.495 e. The number of nitrogens with zero attached hydrogens (tertiary/aromatic N) is 4. The Balaban J connectivity index is 1.36. The van der Waals surface area contributed by atoms with Crippen LogP contribution in [0.5, 0.6) is 17.2 Å². The molecule has 12 heteroatoms. The Bertz CT molecular complexity index is 1800. The van der Waals surface area contributed by atoms with Gasteiger partial charge in [0.25, 0.3) is 0 Å². The van der Waals surface area contributed by atoms with Gasteiger partial charge in [-0.3, -0.25) is 4.79 Å². The molecule has 276 valence electrons. The molecule has 1 fully saturated rings. The van der Waals surface area contributed by atoms with Crippen LogP contribution in [-0.4, -0.2) is 66.8 Å². The number of aromatic nitrogens is 2. The van der Waals surface area contributed by atoms with Crippen molar-refractivity contribution in [3.8, 4) is 17.2 Å². The molecule has 0 spiro atoms. The monoisotopic (exact) mass is 712 g/mol. The molecule has 5 rings (SSSR count). The van der Waals surface area contributed by atoms with Crippen LogP contribution in [0.3, 0.4) is 0 Å². The van der Waals surface area contributed by atoms with E-state index in [2.05, 4.69) is 32.4 Å². The molecule has 4 aromatic rings. The van der Waals surface area contributed by atoms with E-state index in [4.69, 9.17) is 14.2 Å². The SMILES string of the molecule is CCCCNC(=O)Cc1ccc(N(C(=O)Oc2c(C)cccc2C)c2ccnc(Nc3ccc(OCCCN4CCCCC4)c(F)c3)n2)c(OC)c1. The molecular weight excluding hydrogens is 663 g/mol. The molecule has 2 heterocycles. The molecule has 0 unspecified atom stereocenters. The number of aryl methyl sites for hydroxylation is 2. The highest BCUT2D eigenvalue weighted by atomic mass is 19.1. The van der Waals surface area contributed by atoms with E-state index in [0.29, 0.717) is 41.6 Å². The fourth-order valence-corrected chi connectivity index (χ4v) is 6.09. The summed E-state index contributed by atoms with van der Waals surface area (Å²) < 4.78 is 32.5. The van der Waals surface area contributed by atoms with Crippen LogP contribution in [0.4, 0.5) is 32.3 Å². The van der Waals surface area contributed by atoms with Crippen LogP contribution >= 0.6 is 0 Å². The first-order chi connectivity index (χ1) is 25.2. The molecule has 2 N–H and O–H groups in total. The van der Waals surface area contributed by atoms with E-state index in [1.165, 1.54) is 43.5 Å². The van der Waals surface area contributed by atoms with Crippen LogP contribution in [0, 0.1) is 19.7 Å². The standard InChI is InChI=1S/C40H49FN6O5/c1-5-6-19-42-37(48)26-30-14-16-33(35(25-30)50-4)47(40(49)52-38-28(2)12-10-13-29(38)3)36-18-20-43-39(45-36)44-31-15-17-34(32(41)27-31)51-24-11-23-46-21-8-7-9-22-46/h10,12-18,20,25,27H,5-9,11,19,21-24,26H2,1-4H3,(H,42,48)(H,43,44,45). The van der Waals surface area contributed by atoms with Crippen molar-refractivity contribution < 1.29 is 28.2 Å². The van der Waals surface area contributed by atoms with Gasteiger partial charge in [0.05, 0.1) is 25.8 Å². The van der Waals surface area contributed by atoms with Gasteiger partial charge in [-0.05, 0) is 93.6 Å². The van der Waals surface area contributed by atoms with E-state index in [-0.39, 0.29) is 29.8 Å². The van der Waals surface area contributed by atoms with Crippen molar-refractivity contribution in [1.29, 1.82) is 0 Å². The van der Waals surface area contributed by atoms with Gasteiger partial charge >= 0.3 is 6.09 Å². The number of hydrogen-bond acceptors (Lipinski definition) is 9. The third-order valence-corrected chi connectivity index (χ3v) is 8.87. The highest BCUT2D eigenvalue weighted by Gasteiger charge is 2.27. The lowest BCUT2D eigenvalue weighted by Gasteiger charge is -2.26. The number of piperidine rings is 1. The summed E-state index contributed by atoms with van der Waals surface area (Å²) in [5.74, 6) is 0.607. The zero-order chi connectivity index (χ0) is 36.9. The number of para-hydroxylation sites is 1. The summed E-state index contributed by atoms with van der Waals surface area (Å²) in [4.78, 5) is 39.3. The van der Waals surface area contributed by atoms with Gasteiger partial charge in [-0.25, -0.2) is 19.1 Å². The van der Waals surface area contributed by atoms with Crippen LogP contribution < -0.4 is 29.7 Å². The van der Waals surface area contributed by atoms with Crippen LogP contribution in [0.2, 0.25) is 0 Å². The lowest BCUT2D eigenvalue weighted by Crippen LogP contribution is -2.31. The first-order valence-electron chi connectivity index (χ1n) is 18.0. The maximum Gasteiger partial charge on any atom is 0.425 e. The van der Waals surface area contributed by atoms with Gasteiger partial charge in [0.1, 0.15) is 17.3 Å². The summed E-state index contributed by atoms with van der Waals surface area (Å²) in [5, 5.41) is 5.96. The smallest absolute Gasteiger partial charge is 0.425 e. The predicted molar refractivity (Wildman–Crippen MR) is 201 cm³/mol. The summed E-state index contributed by atoms with van der Waals surface area (Å²) in [5.41, 5.74) is 3.02. The molecule has 0 saturated carbocycles. The maximum atomic E-state index is 15.1. The first kappa shape index (κ1) is 38.0. The molecule has 0 bridgehead atoms. The average molecular weight is 713 g/mol. The van der Waals surface area contributed by atoms with E-state index in [1.54, 1.807) is 36.4 Å². The normalized spacial score (nSPS) is 12.9. The largest absolute Gasteiger partial charge is 0.495 e. The Labute approximate surface area is 305 Å². The predicted octanol–water partition coefficient (Wildman–Crippen LogP) is 8.04. The van der Waals surface area contributed by atoms with E-state index >= 15 is 4.39 Å². The summed E-state index contributed by atoms with van der Waals surface area (Å²) in [6.07, 6.45) is 7.35. The van der Waals surface area contributed by atoms with Crippen molar-refractivity contribution in [3.05, 3.63) is 89.4 Å². The number of carbonyl (C=O) groups is 2. The summed E-state index contributed by atoms with van der Waals surface area (Å²) in [6, 6.07) is 16.9. The highest BCUT2D eigenvalue weighted by molar-refractivity contribution is 5.98. The summed E-state index contributed by atoms with van der Waals surface area (Å²) in [7, 11) is 1.49. The minimum atomic E-state index is -0.738. The molecule has 2 amide bonds. The number of likely N-dealkylation sites (tertiary alicyclic amines) is 1. The molecule has 0 radical (unpaired) electrons. The second-order valence-electron chi connectivity index (χ2n) is 12.9. The Hall–Kier alpha value is -5.23. The number of hydrogen-bond donors (Lipinski definition) is 2. The Morgan fingerprint density at radius 3 is 2.48 bits per heavy atom. The van der Waals surface area contributed by atoms with Crippen LogP contribution in [0.1, 0.15) is 62.1 Å². The number of rotatable bonds is 16. The molecule has 1 aliphatic heterocycles. The van der Waals surface area contributed by atoms with Gasteiger partial charge in [0.15, 0.2) is 11.6 Å². The average Bonchev–Trinajstić information content (AvgIpc) is 3.14. The highest BCUT2D eigenvalue weighted by Crippen LogP contribution is 2.36. The molecule has 3 aromatic carbocycles. The number of carbonyl (C=O) groups excluding carboxylic acids is 2. The van der Waals surface area contributed by atoms with E-state index in [1.807, 2.05) is 32.0 Å². The zero-order valence-corrected chi connectivity index (χ0v) is 30.5. The number of ether oxygens (including phenoxy) is 3. The van der Waals surface area contributed by atoms with Gasteiger partial charge in [-0.2, -0.15) is 4.98 Å². The second kappa shape index (κ2) is 18.8. The van der Waals surface area contributed by atoms with Gasteiger partial charge in [0.2, 0.25) is 11.9 Å². The lowest BCUT2D eigenvalue weighted by molar-refractivity contribution is -0.120. The molecule has 0 aliphatic carbocycles. The second-order valence-corrected chi connectivity index (χ2v) is 12.9. The lowest BCUT2D eigenvalue weighted by atomic mass is 10.1. The van der Waals surface area contributed by atoms with Crippen molar-refractivity contribution in [3.63, 3.8) is 0 Å². The zero-order valence-electron chi connectivity index (χ0n) is 30.5. The van der Waals surface area contributed by atoms with Gasteiger partial charge < -0.3 is 29.7 Å². The molecule has 1 aromatic heterocycles. The van der Waals surface area contributed by atoms with Crippen molar-refractivity contribution in [2.45, 2.75) is 65.7 Å². The van der Waals surface area contributed by atoms with Crippen molar-refractivity contribution in [2.24, 2.45) is 0 Å². The third kappa shape index (κ3) is 10.4. The molecular formula is C40H49FN6O5. The summed E-state index contributed by atoms with van der Waals surface area (Å²) in [6.45, 7) is 9.99. The quantitative estimate of drug-likeness (QED) is 0.111. The number of anilines is 4. The van der Waals surface area contributed by atoms with Crippen LogP contribution in [0.25, 0.3) is 0 Å². The number of methoxy groups -OCH3 is 1. The Morgan fingerprint density at radius 1 is 0.962 bits per heavy atom. The molecule has 1 saturated heterocycles. The Kier molecular flexibility index (Phi) is 13.8. The maximum absolute atomic E-state index is 15.1. The topological polar surface area (TPSA) is 118 Å². The molecule has 0 atom stereocenters. The number of halogens is 1. The van der Waals surface area contributed by atoms with E-state index in [9.17, 15) is 9.59 Å². The van der Waals surface area contributed by atoms with Crippen molar-refractivity contribution in [2.75, 3.05) is 50.1 Å². The number of nitrogens with one attached hydrogen (secondary N) is 2. The number of unbranched alkanes of at least 4 members (excludes halogenated alkanes) is 1.